The molecular formula is C20H32N2O. The number of hydrogen-bond acceptors (Lipinski definition) is 2. The lowest BCUT2D eigenvalue weighted by molar-refractivity contribution is 0.0955. The maximum absolute atomic E-state index is 11.9. The minimum absolute atomic E-state index is 0.0139. The van der Waals surface area contributed by atoms with E-state index < -0.39 is 0 Å². The van der Waals surface area contributed by atoms with Crippen molar-refractivity contribution in [3.8, 4) is 0 Å². The molecule has 2 N–H and O–H groups in total. The second-order valence-corrected chi connectivity index (χ2v) is 7.86. The van der Waals surface area contributed by atoms with Crippen LogP contribution < -0.4 is 10.6 Å². The van der Waals surface area contributed by atoms with E-state index >= 15 is 0 Å². The monoisotopic (exact) mass is 316 g/mol. The van der Waals surface area contributed by atoms with Gasteiger partial charge in [0.05, 0.1) is 0 Å². The summed E-state index contributed by atoms with van der Waals surface area (Å²) in [6.45, 7) is 10.5. The summed E-state index contributed by atoms with van der Waals surface area (Å²) in [6.07, 6.45) is 5.16. The smallest absolute Gasteiger partial charge is 0.251 e. The van der Waals surface area contributed by atoms with Gasteiger partial charge in [-0.2, -0.15) is 0 Å². The van der Waals surface area contributed by atoms with E-state index in [4.69, 9.17) is 0 Å². The molecule has 0 saturated heterocycles. The molecule has 0 radical (unpaired) electrons. The number of rotatable bonds is 5. The van der Waals surface area contributed by atoms with Crippen molar-refractivity contribution in [1.82, 2.24) is 10.6 Å². The lowest BCUT2D eigenvalue weighted by atomic mass is 9.71. The molecule has 128 valence electrons. The van der Waals surface area contributed by atoms with Crippen LogP contribution in [0.2, 0.25) is 0 Å². The number of nitrogens with one attached hydrogen (secondary N) is 2. The fourth-order valence-corrected chi connectivity index (χ4v) is 3.51. The van der Waals surface area contributed by atoms with Gasteiger partial charge < -0.3 is 10.6 Å². The van der Waals surface area contributed by atoms with Crippen molar-refractivity contribution in [2.24, 2.45) is 11.3 Å². The van der Waals surface area contributed by atoms with Crippen molar-refractivity contribution in [3.63, 3.8) is 0 Å². The van der Waals surface area contributed by atoms with Gasteiger partial charge in [-0.3, -0.25) is 4.79 Å². The highest BCUT2D eigenvalue weighted by Gasteiger charge is 2.29. The van der Waals surface area contributed by atoms with Crippen molar-refractivity contribution in [1.29, 1.82) is 0 Å². The molecule has 3 heteroatoms. The van der Waals surface area contributed by atoms with Crippen molar-refractivity contribution in [3.05, 3.63) is 35.4 Å². The van der Waals surface area contributed by atoms with Gasteiger partial charge in [-0.1, -0.05) is 32.9 Å². The molecule has 1 amide bonds. The highest BCUT2D eigenvalue weighted by atomic mass is 16.1. The van der Waals surface area contributed by atoms with Crippen LogP contribution in [0.5, 0.6) is 0 Å². The summed E-state index contributed by atoms with van der Waals surface area (Å²) in [5.41, 5.74) is 2.38. The maximum Gasteiger partial charge on any atom is 0.251 e. The second kappa shape index (κ2) is 7.96. The summed E-state index contributed by atoms with van der Waals surface area (Å²) in [6, 6.07) is 8.55. The van der Waals surface area contributed by atoms with Crippen molar-refractivity contribution >= 4 is 5.91 Å². The van der Waals surface area contributed by atoms with E-state index in [1.807, 2.05) is 25.1 Å². The van der Waals surface area contributed by atoms with E-state index in [1.165, 1.54) is 31.2 Å². The first-order chi connectivity index (χ1) is 10.9. The zero-order valence-electron chi connectivity index (χ0n) is 15.1. The SMILES string of the molecule is CCNC(=O)c1cccc(CNC2CCC(C(C)(C)C)CC2)c1. The molecule has 1 fully saturated rings. The molecule has 0 spiro atoms. The minimum Gasteiger partial charge on any atom is -0.352 e. The van der Waals surface area contributed by atoms with Gasteiger partial charge in [-0.15, -0.1) is 0 Å². The average molecular weight is 316 g/mol. The van der Waals surface area contributed by atoms with Crippen LogP contribution in [0.4, 0.5) is 0 Å². The van der Waals surface area contributed by atoms with E-state index in [0.29, 0.717) is 18.0 Å². The van der Waals surface area contributed by atoms with Gasteiger partial charge >= 0.3 is 0 Å². The quantitative estimate of drug-likeness (QED) is 0.857. The van der Waals surface area contributed by atoms with Gasteiger partial charge in [-0.25, -0.2) is 0 Å². The lowest BCUT2D eigenvalue weighted by Gasteiger charge is -2.37. The molecule has 1 aliphatic rings. The van der Waals surface area contributed by atoms with Gasteiger partial charge in [0.1, 0.15) is 0 Å². The zero-order chi connectivity index (χ0) is 16.9. The van der Waals surface area contributed by atoms with Crippen LogP contribution in [0.25, 0.3) is 0 Å². The average Bonchev–Trinajstić information content (AvgIpc) is 2.53. The van der Waals surface area contributed by atoms with Crippen molar-refractivity contribution in [2.45, 2.75) is 66.0 Å². The Hall–Kier alpha value is -1.35. The van der Waals surface area contributed by atoms with Crippen LogP contribution in [0.3, 0.4) is 0 Å². The van der Waals surface area contributed by atoms with Crippen LogP contribution in [0, 0.1) is 11.3 Å². The van der Waals surface area contributed by atoms with Gasteiger partial charge in [0.25, 0.3) is 5.91 Å². The van der Waals surface area contributed by atoms with Gasteiger partial charge in [0.2, 0.25) is 0 Å². The Kier molecular flexibility index (Phi) is 6.23. The minimum atomic E-state index is 0.0139. The van der Waals surface area contributed by atoms with Crippen molar-refractivity contribution in [2.75, 3.05) is 6.54 Å². The van der Waals surface area contributed by atoms with Crippen LogP contribution in [-0.2, 0) is 6.54 Å². The Morgan fingerprint density at radius 3 is 2.48 bits per heavy atom. The zero-order valence-corrected chi connectivity index (χ0v) is 15.1. The molecule has 1 aliphatic carbocycles. The number of carbonyl (C=O) groups is 1. The highest BCUT2D eigenvalue weighted by molar-refractivity contribution is 5.94. The molecule has 0 heterocycles. The largest absolute Gasteiger partial charge is 0.352 e. The Balaban J connectivity index is 1.83. The first-order valence-electron chi connectivity index (χ1n) is 9.00. The third-order valence-electron chi connectivity index (χ3n) is 5.07. The number of carbonyl (C=O) groups excluding carboxylic acids is 1. The normalized spacial score (nSPS) is 21.9. The topological polar surface area (TPSA) is 41.1 Å². The van der Waals surface area contributed by atoms with E-state index in [2.05, 4.69) is 37.5 Å². The molecule has 3 nitrogen and oxygen atoms in total. The van der Waals surface area contributed by atoms with Gasteiger partial charge in [-0.05, 0) is 61.6 Å². The molecule has 0 aromatic heterocycles. The lowest BCUT2D eigenvalue weighted by Crippen LogP contribution is -2.35. The summed E-state index contributed by atoms with van der Waals surface area (Å²) in [5.74, 6) is 0.863. The molecule has 0 aliphatic heterocycles. The van der Waals surface area contributed by atoms with Gasteiger partial charge in [0.15, 0.2) is 0 Å². The standard InChI is InChI=1S/C20H32N2O/c1-5-21-19(23)16-8-6-7-15(13-16)14-22-18-11-9-17(10-12-18)20(2,3)4/h6-8,13,17-18,22H,5,9-12,14H2,1-4H3,(H,21,23). The molecule has 0 unspecified atom stereocenters. The molecule has 23 heavy (non-hydrogen) atoms. The van der Waals surface area contributed by atoms with E-state index in [1.54, 1.807) is 0 Å². The van der Waals surface area contributed by atoms with E-state index in [9.17, 15) is 4.79 Å². The van der Waals surface area contributed by atoms with Crippen LogP contribution >= 0.6 is 0 Å². The summed E-state index contributed by atoms with van der Waals surface area (Å²) >= 11 is 0. The molecular weight excluding hydrogens is 284 g/mol. The Labute approximate surface area is 141 Å². The first-order valence-corrected chi connectivity index (χ1v) is 9.00. The third kappa shape index (κ3) is 5.35. The number of hydrogen-bond donors (Lipinski definition) is 2. The van der Waals surface area contributed by atoms with E-state index in [-0.39, 0.29) is 5.91 Å². The number of benzene rings is 1. The summed E-state index contributed by atoms with van der Waals surface area (Å²) in [4.78, 5) is 11.9. The predicted octanol–water partition coefficient (Wildman–Crippen LogP) is 4.13. The fraction of sp³-hybridized carbons (Fsp3) is 0.650. The Morgan fingerprint density at radius 1 is 1.17 bits per heavy atom. The molecule has 2 rings (SSSR count). The maximum atomic E-state index is 11.9. The third-order valence-corrected chi connectivity index (χ3v) is 5.07. The molecule has 0 atom stereocenters. The van der Waals surface area contributed by atoms with Crippen molar-refractivity contribution < 1.29 is 4.79 Å². The van der Waals surface area contributed by atoms with Gasteiger partial charge in [0, 0.05) is 24.7 Å². The summed E-state index contributed by atoms with van der Waals surface area (Å²) < 4.78 is 0. The molecule has 1 aromatic rings. The van der Waals surface area contributed by atoms with Crippen LogP contribution in [-0.4, -0.2) is 18.5 Å². The first kappa shape index (κ1) is 18.0. The molecule has 0 bridgehead atoms. The van der Waals surface area contributed by atoms with E-state index in [0.717, 1.165) is 18.0 Å². The number of amides is 1. The van der Waals surface area contributed by atoms with Crippen LogP contribution in [0.15, 0.2) is 24.3 Å². The second-order valence-electron chi connectivity index (χ2n) is 7.86. The highest BCUT2D eigenvalue weighted by Crippen LogP contribution is 2.37. The summed E-state index contributed by atoms with van der Waals surface area (Å²) in [5, 5.41) is 6.53. The molecule has 1 saturated carbocycles. The predicted molar refractivity (Wildman–Crippen MR) is 96.5 cm³/mol. The fourth-order valence-electron chi connectivity index (χ4n) is 3.51. The Morgan fingerprint density at radius 2 is 1.87 bits per heavy atom. The summed E-state index contributed by atoms with van der Waals surface area (Å²) in [7, 11) is 0. The Bertz CT molecular complexity index is 511. The molecule has 1 aromatic carbocycles. The van der Waals surface area contributed by atoms with Crippen LogP contribution in [0.1, 0.15) is 69.3 Å².